The molecular formula is C13H14N2O5. The Labute approximate surface area is 114 Å². The maximum Gasteiger partial charge on any atom is 0.303 e. The van der Waals surface area contributed by atoms with Crippen LogP contribution in [0.3, 0.4) is 0 Å². The maximum absolute atomic E-state index is 12.2. The van der Waals surface area contributed by atoms with Crippen molar-refractivity contribution in [2.24, 2.45) is 5.73 Å². The van der Waals surface area contributed by atoms with E-state index in [0.717, 1.165) is 0 Å². The molecule has 4 N–H and O–H groups in total. The standard InChI is InChI=1S/C13H14N2O5/c14-12(19)10(3-4-11(17)18)15-6-7-1-2-8(16)5-9(7)13(15)20/h1-2,5,10,16H,3-4,6H2,(H2,14,19)(H,17,18). The van der Waals surface area contributed by atoms with Gasteiger partial charge < -0.3 is 20.8 Å². The van der Waals surface area contributed by atoms with E-state index in [4.69, 9.17) is 10.8 Å². The van der Waals surface area contributed by atoms with E-state index in [0.29, 0.717) is 11.1 Å². The van der Waals surface area contributed by atoms with Gasteiger partial charge in [-0.1, -0.05) is 6.07 Å². The molecule has 0 bridgehead atoms. The normalized spacial score (nSPS) is 15.0. The lowest BCUT2D eigenvalue weighted by Gasteiger charge is -2.24. The molecular weight excluding hydrogens is 264 g/mol. The lowest BCUT2D eigenvalue weighted by Crippen LogP contribution is -2.45. The van der Waals surface area contributed by atoms with Crippen LogP contribution in [0.15, 0.2) is 18.2 Å². The molecule has 1 aliphatic rings. The first-order valence-corrected chi connectivity index (χ1v) is 6.04. The number of aliphatic carboxylic acids is 1. The number of amides is 2. The van der Waals surface area contributed by atoms with E-state index < -0.39 is 23.8 Å². The summed E-state index contributed by atoms with van der Waals surface area (Å²) in [5.41, 5.74) is 6.24. The predicted molar refractivity (Wildman–Crippen MR) is 67.8 cm³/mol. The summed E-state index contributed by atoms with van der Waals surface area (Å²) < 4.78 is 0. The first kappa shape index (κ1) is 13.9. The molecule has 1 atom stereocenters. The first-order chi connectivity index (χ1) is 9.40. The van der Waals surface area contributed by atoms with Crippen molar-refractivity contribution in [1.29, 1.82) is 0 Å². The Morgan fingerprint density at radius 1 is 1.40 bits per heavy atom. The highest BCUT2D eigenvalue weighted by molar-refractivity contribution is 6.01. The smallest absolute Gasteiger partial charge is 0.303 e. The summed E-state index contributed by atoms with van der Waals surface area (Å²) in [7, 11) is 0. The topological polar surface area (TPSA) is 121 Å². The summed E-state index contributed by atoms with van der Waals surface area (Å²) in [6, 6.07) is 3.41. The number of nitrogens with zero attached hydrogens (tertiary/aromatic N) is 1. The number of carbonyl (C=O) groups is 3. The highest BCUT2D eigenvalue weighted by Gasteiger charge is 2.35. The van der Waals surface area contributed by atoms with Gasteiger partial charge in [0.2, 0.25) is 5.91 Å². The summed E-state index contributed by atoms with van der Waals surface area (Å²) in [6.45, 7) is 0.182. The number of phenolic OH excluding ortho intramolecular Hbond substituents is 1. The van der Waals surface area contributed by atoms with Crippen LogP contribution in [-0.4, -0.2) is 38.9 Å². The van der Waals surface area contributed by atoms with Crippen LogP contribution in [0.4, 0.5) is 0 Å². The Kier molecular flexibility index (Phi) is 3.60. The van der Waals surface area contributed by atoms with Crippen molar-refractivity contribution in [2.75, 3.05) is 0 Å². The molecule has 1 heterocycles. The van der Waals surface area contributed by atoms with Gasteiger partial charge in [0.15, 0.2) is 0 Å². The van der Waals surface area contributed by atoms with E-state index in [-0.39, 0.29) is 25.1 Å². The minimum atomic E-state index is -1.06. The number of fused-ring (bicyclic) bond motifs is 1. The number of rotatable bonds is 5. The van der Waals surface area contributed by atoms with Gasteiger partial charge in [-0.2, -0.15) is 0 Å². The van der Waals surface area contributed by atoms with E-state index >= 15 is 0 Å². The Morgan fingerprint density at radius 3 is 2.70 bits per heavy atom. The Hall–Kier alpha value is -2.57. The number of carboxylic acid groups (broad SMARTS) is 1. The average molecular weight is 278 g/mol. The number of primary amides is 1. The quantitative estimate of drug-likeness (QED) is 0.703. The minimum absolute atomic E-state index is 0.0314. The lowest BCUT2D eigenvalue weighted by atomic mass is 10.1. The van der Waals surface area contributed by atoms with Crippen molar-refractivity contribution in [3.8, 4) is 5.75 Å². The molecule has 1 unspecified atom stereocenters. The fraction of sp³-hybridized carbons (Fsp3) is 0.308. The molecule has 2 amide bonds. The molecule has 1 aliphatic heterocycles. The molecule has 1 aromatic rings. The lowest BCUT2D eigenvalue weighted by molar-refractivity contribution is -0.137. The van der Waals surface area contributed by atoms with Crippen LogP contribution in [-0.2, 0) is 16.1 Å². The summed E-state index contributed by atoms with van der Waals surface area (Å²) >= 11 is 0. The zero-order valence-electron chi connectivity index (χ0n) is 10.6. The van der Waals surface area contributed by atoms with Gasteiger partial charge >= 0.3 is 5.97 Å². The third-order valence-corrected chi connectivity index (χ3v) is 3.26. The number of benzene rings is 1. The van der Waals surface area contributed by atoms with Gasteiger partial charge in [0.25, 0.3) is 5.91 Å². The molecule has 1 aromatic carbocycles. The predicted octanol–water partition coefficient (Wildman–Crippen LogP) is 0.0667. The molecule has 0 aliphatic carbocycles. The highest BCUT2D eigenvalue weighted by Crippen LogP contribution is 2.28. The van der Waals surface area contributed by atoms with Gasteiger partial charge in [-0.05, 0) is 24.1 Å². The molecule has 7 heteroatoms. The second-order valence-corrected chi connectivity index (χ2v) is 4.63. The van der Waals surface area contributed by atoms with Gasteiger partial charge in [-0.15, -0.1) is 0 Å². The Morgan fingerprint density at radius 2 is 2.10 bits per heavy atom. The first-order valence-electron chi connectivity index (χ1n) is 6.04. The zero-order chi connectivity index (χ0) is 14.9. The number of hydrogen-bond acceptors (Lipinski definition) is 4. The maximum atomic E-state index is 12.2. The van der Waals surface area contributed by atoms with Crippen molar-refractivity contribution < 1.29 is 24.6 Å². The molecule has 20 heavy (non-hydrogen) atoms. The fourth-order valence-corrected chi connectivity index (χ4v) is 2.28. The number of carbonyl (C=O) groups excluding carboxylic acids is 2. The summed E-state index contributed by atoms with van der Waals surface area (Å²) in [6.07, 6.45) is -0.282. The van der Waals surface area contributed by atoms with Gasteiger partial charge in [-0.3, -0.25) is 14.4 Å². The second kappa shape index (κ2) is 5.20. The van der Waals surface area contributed by atoms with E-state index in [2.05, 4.69) is 0 Å². The van der Waals surface area contributed by atoms with Gasteiger partial charge in [0.1, 0.15) is 11.8 Å². The minimum Gasteiger partial charge on any atom is -0.508 e. The Bertz CT molecular complexity index is 584. The molecule has 7 nitrogen and oxygen atoms in total. The SMILES string of the molecule is NC(=O)C(CCC(=O)O)N1Cc2ccc(O)cc2C1=O. The van der Waals surface area contributed by atoms with Crippen LogP contribution >= 0.6 is 0 Å². The second-order valence-electron chi connectivity index (χ2n) is 4.63. The largest absolute Gasteiger partial charge is 0.508 e. The summed E-state index contributed by atoms with van der Waals surface area (Å²) in [4.78, 5) is 35.5. The number of carboxylic acids is 1. The molecule has 0 saturated carbocycles. The van der Waals surface area contributed by atoms with Crippen LogP contribution in [0, 0.1) is 0 Å². The van der Waals surface area contributed by atoms with Crippen molar-refractivity contribution in [3.63, 3.8) is 0 Å². The van der Waals surface area contributed by atoms with Crippen molar-refractivity contribution >= 4 is 17.8 Å². The van der Waals surface area contributed by atoms with Gasteiger partial charge in [0.05, 0.1) is 0 Å². The Balaban J connectivity index is 2.23. The third kappa shape index (κ3) is 2.56. The molecule has 0 saturated heterocycles. The van der Waals surface area contributed by atoms with E-state index in [1.807, 2.05) is 0 Å². The monoisotopic (exact) mass is 278 g/mol. The van der Waals surface area contributed by atoms with Crippen LogP contribution in [0.5, 0.6) is 5.75 Å². The highest BCUT2D eigenvalue weighted by atomic mass is 16.4. The number of hydrogen-bond donors (Lipinski definition) is 3. The van der Waals surface area contributed by atoms with Gasteiger partial charge in [0, 0.05) is 18.5 Å². The fourth-order valence-electron chi connectivity index (χ4n) is 2.28. The van der Waals surface area contributed by atoms with Crippen molar-refractivity contribution in [1.82, 2.24) is 4.90 Å². The molecule has 0 fully saturated rings. The van der Waals surface area contributed by atoms with E-state index in [1.165, 1.54) is 17.0 Å². The van der Waals surface area contributed by atoms with Crippen molar-refractivity contribution in [3.05, 3.63) is 29.3 Å². The molecule has 106 valence electrons. The van der Waals surface area contributed by atoms with Crippen molar-refractivity contribution in [2.45, 2.75) is 25.4 Å². The van der Waals surface area contributed by atoms with Crippen LogP contribution in [0.1, 0.15) is 28.8 Å². The average Bonchev–Trinajstić information content (AvgIpc) is 2.67. The molecule has 0 spiro atoms. The molecule has 0 aromatic heterocycles. The molecule has 2 rings (SSSR count). The zero-order valence-corrected chi connectivity index (χ0v) is 10.6. The van der Waals surface area contributed by atoms with Crippen LogP contribution < -0.4 is 5.73 Å². The summed E-state index contributed by atoms with van der Waals surface area (Å²) in [5.74, 6) is -2.26. The third-order valence-electron chi connectivity index (χ3n) is 3.26. The molecule has 0 radical (unpaired) electrons. The number of nitrogens with two attached hydrogens (primary N) is 1. The van der Waals surface area contributed by atoms with E-state index in [9.17, 15) is 19.5 Å². The van der Waals surface area contributed by atoms with E-state index in [1.54, 1.807) is 6.07 Å². The number of phenols is 1. The summed E-state index contributed by atoms with van der Waals surface area (Å²) in [5, 5.41) is 18.1. The van der Waals surface area contributed by atoms with Crippen LogP contribution in [0.2, 0.25) is 0 Å². The number of aromatic hydroxyl groups is 1. The van der Waals surface area contributed by atoms with Crippen LogP contribution in [0.25, 0.3) is 0 Å². The van der Waals surface area contributed by atoms with Gasteiger partial charge in [-0.25, -0.2) is 0 Å².